The maximum Gasteiger partial charge on any atom is 0.193 e. The first-order valence-electron chi connectivity index (χ1n) is 9.76. The van der Waals surface area contributed by atoms with Crippen molar-refractivity contribution in [3.8, 4) is 5.75 Å². The Kier molecular flexibility index (Phi) is 9.73. The van der Waals surface area contributed by atoms with Crippen LogP contribution in [0.2, 0.25) is 0 Å². The van der Waals surface area contributed by atoms with Crippen LogP contribution in [-0.2, 0) is 22.5 Å². The molecule has 1 aliphatic carbocycles. The monoisotopic (exact) mass is 507 g/mol. The van der Waals surface area contributed by atoms with E-state index < -0.39 is 0 Å². The van der Waals surface area contributed by atoms with E-state index in [1.54, 1.807) is 0 Å². The van der Waals surface area contributed by atoms with Gasteiger partial charge in [0.25, 0.3) is 0 Å². The second-order valence-electron chi connectivity index (χ2n) is 7.09. The van der Waals surface area contributed by atoms with Crippen molar-refractivity contribution in [2.24, 2.45) is 10.9 Å². The van der Waals surface area contributed by atoms with Crippen molar-refractivity contribution >= 4 is 29.9 Å². The SMILES string of the molecule is CCNC(=NCCc1cc(F)cc2c1OCOC2)N(C)CCOCC1CC1.I. The van der Waals surface area contributed by atoms with E-state index in [2.05, 4.69) is 15.2 Å². The van der Waals surface area contributed by atoms with E-state index >= 15 is 0 Å². The zero-order valence-electron chi connectivity index (χ0n) is 16.7. The van der Waals surface area contributed by atoms with Gasteiger partial charge in [0.05, 0.1) is 13.2 Å². The summed E-state index contributed by atoms with van der Waals surface area (Å²) >= 11 is 0. The van der Waals surface area contributed by atoms with E-state index in [1.807, 2.05) is 14.0 Å². The maximum atomic E-state index is 13.8. The summed E-state index contributed by atoms with van der Waals surface area (Å²) in [6.45, 7) is 6.34. The van der Waals surface area contributed by atoms with Crippen LogP contribution < -0.4 is 10.1 Å². The molecule has 158 valence electrons. The first kappa shape index (κ1) is 23.2. The molecule has 0 saturated heterocycles. The van der Waals surface area contributed by atoms with Crippen molar-refractivity contribution in [3.05, 3.63) is 29.1 Å². The van der Waals surface area contributed by atoms with Gasteiger partial charge in [0.2, 0.25) is 0 Å². The van der Waals surface area contributed by atoms with Crippen LogP contribution >= 0.6 is 24.0 Å². The fourth-order valence-corrected chi connectivity index (χ4v) is 3.04. The lowest BCUT2D eigenvalue weighted by molar-refractivity contribution is -0.0172. The predicted molar refractivity (Wildman–Crippen MR) is 118 cm³/mol. The number of nitrogens with zero attached hydrogens (tertiary/aromatic N) is 2. The number of rotatable bonds is 9. The molecule has 6 nitrogen and oxygen atoms in total. The molecular formula is C20H31FIN3O3. The average molecular weight is 507 g/mol. The third-order valence-electron chi connectivity index (χ3n) is 4.71. The molecule has 0 amide bonds. The number of benzene rings is 1. The number of aliphatic imine (C=N–C) groups is 1. The molecule has 1 N–H and O–H groups in total. The van der Waals surface area contributed by atoms with Gasteiger partial charge in [-0.1, -0.05) is 0 Å². The molecule has 0 atom stereocenters. The van der Waals surface area contributed by atoms with Gasteiger partial charge in [0, 0.05) is 38.9 Å². The molecule has 1 heterocycles. The highest BCUT2D eigenvalue weighted by Gasteiger charge is 2.21. The van der Waals surface area contributed by atoms with Crippen LogP contribution in [-0.4, -0.2) is 57.5 Å². The zero-order valence-corrected chi connectivity index (χ0v) is 19.0. The van der Waals surface area contributed by atoms with Gasteiger partial charge in [-0.3, -0.25) is 4.99 Å². The summed E-state index contributed by atoms with van der Waals surface area (Å²) in [7, 11) is 2.01. The number of likely N-dealkylation sites (N-methyl/N-ethyl adjacent to an activating group) is 1. The van der Waals surface area contributed by atoms with E-state index in [-0.39, 0.29) is 36.6 Å². The molecule has 1 saturated carbocycles. The van der Waals surface area contributed by atoms with Crippen molar-refractivity contribution in [1.29, 1.82) is 0 Å². The highest BCUT2D eigenvalue weighted by Crippen LogP contribution is 2.30. The minimum atomic E-state index is -0.265. The normalized spacial score (nSPS) is 16.0. The Morgan fingerprint density at radius 2 is 2.21 bits per heavy atom. The quantitative estimate of drug-likeness (QED) is 0.241. The van der Waals surface area contributed by atoms with E-state index in [4.69, 9.17) is 14.2 Å². The first-order chi connectivity index (χ1) is 13.2. The van der Waals surface area contributed by atoms with E-state index in [9.17, 15) is 4.39 Å². The van der Waals surface area contributed by atoms with Crippen molar-refractivity contribution < 1.29 is 18.6 Å². The smallest absolute Gasteiger partial charge is 0.193 e. The lowest BCUT2D eigenvalue weighted by Crippen LogP contribution is -2.40. The van der Waals surface area contributed by atoms with Crippen LogP contribution in [0, 0.1) is 11.7 Å². The fraction of sp³-hybridized carbons (Fsp3) is 0.650. The molecule has 2 aliphatic rings. The Balaban J connectivity index is 0.00000280. The van der Waals surface area contributed by atoms with Gasteiger partial charge in [-0.2, -0.15) is 0 Å². The molecule has 1 aromatic rings. The number of ether oxygens (including phenoxy) is 3. The van der Waals surface area contributed by atoms with Crippen LogP contribution in [0.5, 0.6) is 5.75 Å². The Morgan fingerprint density at radius 1 is 1.39 bits per heavy atom. The van der Waals surface area contributed by atoms with Crippen molar-refractivity contribution in [2.75, 3.05) is 46.7 Å². The van der Waals surface area contributed by atoms with Crippen molar-refractivity contribution in [1.82, 2.24) is 10.2 Å². The minimum absolute atomic E-state index is 0. The van der Waals surface area contributed by atoms with Crippen LogP contribution in [0.1, 0.15) is 30.9 Å². The van der Waals surface area contributed by atoms with E-state index in [0.717, 1.165) is 48.5 Å². The lowest BCUT2D eigenvalue weighted by atomic mass is 10.1. The van der Waals surface area contributed by atoms with Crippen LogP contribution in [0.25, 0.3) is 0 Å². The number of halogens is 2. The fourth-order valence-electron chi connectivity index (χ4n) is 3.04. The molecular weight excluding hydrogens is 476 g/mol. The molecule has 1 fully saturated rings. The summed E-state index contributed by atoms with van der Waals surface area (Å²) in [4.78, 5) is 6.75. The lowest BCUT2D eigenvalue weighted by Gasteiger charge is -2.22. The first-order valence-corrected chi connectivity index (χ1v) is 9.76. The maximum absolute atomic E-state index is 13.8. The topological polar surface area (TPSA) is 55.3 Å². The van der Waals surface area contributed by atoms with Gasteiger partial charge in [-0.25, -0.2) is 4.39 Å². The number of guanidine groups is 1. The van der Waals surface area contributed by atoms with E-state index in [1.165, 1.54) is 25.0 Å². The third kappa shape index (κ3) is 7.04. The largest absolute Gasteiger partial charge is 0.467 e. The summed E-state index contributed by atoms with van der Waals surface area (Å²) < 4.78 is 30.4. The number of hydrogen-bond acceptors (Lipinski definition) is 4. The summed E-state index contributed by atoms with van der Waals surface area (Å²) in [6.07, 6.45) is 3.22. The molecule has 1 aliphatic heterocycles. The highest BCUT2D eigenvalue weighted by molar-refractivity contribution is 14.0. The molecule has 1 aromatic carbocycles. The summed E-state index contributed by atoms with van der Waals surface area (Å²) in [5.74, 6) is 2.09. The molecule has 28 heavy (non-hydrogen) atoms. The Labute approximate surface area is 183 Å². The van der Waals surface area contributed by atoms with Gasteiger partial charge < -0.3 is 24.4 Å². The van der Waals surface area contributed by atoms with Gasteiger partial charge in [-0.15, -0.1) is 24.0 Å². The molecule has 0 bridgehead atoms. The van der Waals surface area contributed by atoms with Crippen LogP contribution in [0.15, 0.2) is 17.1 Å². The Hall–Kier alpha value is -1.13. The molecule has 0 unspecified atom stereocenters. The van der Waals surface area contributed by atoms with Gasteiger partial charge in [-0.05, 0) is 49.8 Å². The third-order valence-corrected chi connectivity index (χ3v) is 4.71. The number of fused-ring (bicyclic) bond motifs is 1. The number of hydrogen-bond donors (Lipinski definition) is 1. The van der Waals surface area contributed by atoms with Crippen molar-refractivity contribution in [3.63, 3.8) is 0 Å². The summed E-state index contributed by atoms with van der Waals surface area (Å²) in [6, 6.07) is 3.00. The predicted octanol–water partition coefficient (Wildman–Crippen LogP) is 3.18. The Bertz CT molecular complexity index is 656. The van der Waals surface area contributed by atoms with Gasteiger partial charge in [0.15, 0.2) is 12.8 Å². The highest BCUT2D eigenvalue weighted by atomic mass is 127. The molecule has 0 aromatic heterocycles. The second-order valence-corrected chi connectivity index (χ2v) is 7.09. The van der Waals surface area contributed by atoms with Gasteiger partial charge >= 0.3 is 0 Å². The molecule has 0 spiro atoms. The zero-order chi connectivity index (χ0) is 19.1. The van der Waals surface area contributed by atoms with Crippen LogP contribution in [0.4, 0.5) is 4.39 Å². The standard InChI is InChI=1S/C20H30FN3O3.HI/c1-3-22-20(24(2)8-9-25-12-15-4-5-15)23-7-6-16-10-18(21)11-17-13-26-14-27-19(16)17;/h10-11,15H,3-9,12-14H2,1-2H3,(H,22,23);1H. The number of nitrogens with one attached hydrogen (secondary N) is 1. The summed E-state index contributed by atoms with van der Waals surface area (Å²) in [5, 5.41) is 3.30. The van der Waals surface area contributed by atoms with Crippen molar-refractivity contribution in [2.45, 2.75) is 32.8 Å². The van der Waals surface area contributed by atoms with Crippen LogP contribution in [0.3, 0.4) is 0 Å². The second kappa shape index (κ2) is 11.8. The van der Waals surface area contributed by atoms with E-state index in [0.29, 0.717) is 26.2 Å². The molecule has 8 heteroatoms. The summed E-state index contributed by atoms with van der Waals surface area (Å²) in [5.41, 5.74) is 1.60. The molecule has 3 rings (SSSR count). The Morgan fingerprint density at radius 3 is 2.96 bits per heavy atom. The minimum Gasteiger partial charge on any atom is -0.467 e. The molecule has 0 radical (unpaired) electrons. The van der Waals surface area contributed by atoms with Gasteiger partial charge in [0.1, 0.15) is 11.6 Å². The average Bonchev–Trinajstić information content (AvgIpc) is 3.48.